The summed E-state index contributed by atoms with van der Waals surface area (Å²) in [5.41, 5.74) is 2.64. The number of methoxy groups -OCH3 is 1. The fraction of sp³-hybridized carbons (Fsp3) is 0.136. The molecule has 8 nitrogen and oxygen atoms in total. The minimum Gasteiger partial charge on any atom is -0.463 e. The Kier molecular flexibility index (Phi) is 5.39. The largest absolute Gasteiger partial charge is 0.463 e. The Labute approximate surface area is 182 Å². The van der Waals surface area contributed by atoms with Gasteiger partial charge >= 0.3 is 12.0 Å². The number of nitrogens with zero attached hydrogens (tertiary/aromatic N) is 2. The standard InChI is InChI=1S/C22H18ClN3O5/c1-13-10-15(5-7-17(13)23)25-9-3-4-14(25)11-18-20(27)26(22(29)24-18)12-16-6-8-19(31-16)21(28)30-2/h3-11H,12H2,1-2H3,(H,24,29). The quantitative estimate of drug-likeness (QED) is 0.369. The fourth-order valence-corrected chi connectivity index (χ4v) is 3.34. The topological polar surface area (TPSA) is 93.8 Å². The summed E-state index contributed by atoms with van der Waals surface area (Å²) in [6.07, 6.45) is 3.46. The molecule has 31 heavy (non-hydrogen) atoms. The molecule has 158 valence electrons. The Hall–Kier alpha value is -3.78. The first-order chi connectivity index (χ1) is 14.9. The molecule has 1 N–H and O–H groups in total. The molecular formula is C22H18ClN3O5. The molecule has 1 aliphatic rings. The Bertz CT molecular complexity index is 1220. The minimum absolute atomic E-state index is 0.00333. The molecule has 0 aliphatic carbocycles. The summed E-state index contributed by atoms with van der Waals surface area (Å²) < 4.78 is 11.8. The summed E-state index contributed by atoms with van der Waals surface area (Å²) in [7, 11) is 1.24. The third kappa shape index (κ3) is 3.97. The molecule has 3 heterocycles. The van der Waals surface area contributed by atoms with Gasteiger partial charge in [-0.25, -0.2) is 9.59 Å². The van der Waals surface area contributed by atoms with Gasteiger partial charge in [-0.15, -0.1) is 0 Å². The van der Waals surface area contributed by atoms with Crippen LogP contribution >= 0.6 is 11.6 Å². The van der Waals surface area contributed by atoms with Gasteiger partial charge in [0.15, 0.2) is 0 Å². The zero-order valence-electron chi connectivity index (χ0n) is 16.7. The SMILES string of the molecule is COC(=O)c1ccc(CN2C(=O)NC(=Cc3cccn3-c3ccc(Cl)c(C)c3)C2=O)o1. The number of rotatable bonds is 5. The number of urea groups is 1. The van der Waals surface area contributed by atoms with Gasteiger partial charge in [-0.3, -0.25) is 9.69 Å². The van der Waals surface area contributed by atoms with Gasteiger partial charge in [0.05, 0.1) is 13.7 Å². The second-order valence-electron chi connectivity index (χ2n) is 6.87. The van der Waals surface area contributed by atoms with E-state index in [2.05, 4.69) is 10.1 Å². The monoisotopic (exact) mass is 439 g/mol. The van der Waals surface area contributed by atoms with Crippen molar-refractivity contribution in [1.82, 2.24) is 14.8 Å². The van der Waals surface area contributed by atoms with Crippen LogP contribution < -0.4 is 5.32 Å². The first-order valence-electron chi connectivity index (χ1n) is 9.33. The number of nitrogens with one attached hydrogen (secondary N) is 1. The maximum Gasteiger partial charge on any atom is 0.373 e. The molecule has 0 bridgehead atoms. The number of hydrogen-bond acceptors (Lipinski definition) is 5. The summed E-state index contributed by atoms with van der Waals surface area (Å²) in [6.45, 7) is 1.79. The van der Waals surface area contributed by atoms with Crippen LogP contribution in [0.25, 0.3) is 11.8 Å². The lowest BCUT2D eigenvalue weighted by molar-refractivity contribution is -0.123. The van der Waals surface area contributed by atoms with E-state index in [4.69, 9.17) is 16.0 Å². The van der Waals surface area contributed by atoms with E-state index in [0.29, 0.717) is 10.7 Å². The summed E-state index contributed by atoms with van der Waals surface area (Å²) in [5, 5.41) is 3.25. The number of benzene rings is 1. The first kappa shape index (κ1) is 20.5. The normalized spacial score (nSPS) is 14.9. The average Bonchev–Trinajstić information content (AvgIpc) is 3.47. The van der Waals surface area contributed by atoms with Crippen LogP contribution in [0.2, 0.25) is 5.02 Å². The first-order valence-corrected chi connectivity index (χ1v) is 9.70. The molecule has 0 spiro atoms. The number of hydrogen-bond donors (Lipinski definition) is 1. The predicted octanol–water partition coefficient (Wildman–Crippen LogP) is 3.91. The highest BCUT2D eigenvalue weighted by Crippen LogP contribution is 2.23. The Morgan fingerprint density at radius 2 is 2.03 bits per heavy atom. The van der Waals surface area contributed by atoms with Crippen LogP contribution in [0.5, 0.6) is 0 Å². The number of halogens is 1. The molecule has 3 aromatic rings. The molecule has 9 heteroatoms. The number of aryl methyl sites for hydroxylation is 1. The highest BCUT2D eigenvalue weighted by Gasteiger charge is 2.34. The van der Waals surface area contributed by atoms with Gasteiger partial charge in [0.25, 0.3) is 5.91 Å². The molecule has 0 atom stereocenters. The van der Waals surface area contributed by atoms with Gasteiger partial charge < -0.3 is 19.0 Å². The molecule has 0 unspecified atom stereocenters. The van der Waals surface area contributed by atoms with Gasteiger partial charge in [0, 0.05) is 22.6 Å². The van der Waals surface area contributed by atoms with Crippen molar-refractivity contribution in [2.24, 2.45) is 0 Å². The predicted molar refractivity (Wildman–Crippen MR) is 113 cm³/mol. The van der Waals surface area contributed by atoms with Crippen molar-refractivity contribution >= 4 is 35.6 Å². The van der Waals surface area contributed by atoms with Crippen molar-refractivity contribution in [1.29, 1.82) is 0 Å². The van der Waals surface area contributed by atoms with Crippen LogP contribution in [0.15, 0.2) is 58.8 Å². The van der Waals surface area contributed by atoms with Gasteiger partial charge in [-0.2, -0.15) is 0 Å². The maximum atomic E-state index is 12.8. The number of amides is 3. The molecule has 1 fully saturated rings. The number of imide groups is 1. The lowest BCUT2D eigenvalue weighted by atomic mass is 10.2. The fourth-order valence-electron chi connectivity index (χ4n) is 3.22. The molecule has 1 aliphatic heterocycles. The number of carbonyl (C=O) groups excluding carboxylic acids is 3. The van der Waals surface area contributed by atoms with E-state index in [-0.39, 0.29) is 23.8 Å². The molecular weight excluding hydrogens is 422 g/mol. The third-order valence-electron chi connectivity index (χ3n) is 4.82. The average molecular weight is 440 g/mol. The summed E-state index contributed by atoms with van der Waals surface area (Å²) >= 11 is 6.11. The molecule has 1 saturated heterocycles. The number of aromatic nitrogens is 1. The zero-order chi connectivity index (χ0) is 22.1. The van der Waals surface area contributed by atoms with Crippen LogP contribution in [0, 0.1) is 6.92 Å². The summed E-state index contributed by atoms with van der Waals surface area (Å²) in [4.78, 5) is 37.7. The van der Waals surface area contributed by atoms with Crippen molar-refractivity contribution in [3.63, 3.8) is 0 Å². The van der Waals surface area contributed by atoms with Crippen LogP contribution in [0.1, 0.15) is 27.6 Å². The van der Waals surface area contributed by atoms with E-state index in [0.717, 1.165) is 16.2 Å². The van der Waals surface area contributed by atoms with Crippen LogP contribution in [-0.2, 0) is 16.1 Å². The lowest BCUT2D eigenvalue weighted by Crippen LogP contribution is -2.30. The molecule has 1 aromatic carbocycles. The van der Waals surface area contributed by atoms with E-state index < -0.39 is 17.9 Å². The Morgan fingerprint density at radius 1 is 1.23 bits per heavy atom. The van der Waals surface area contributed by atoms with Crippen molar-refractivity contribution in [2.45, 2.75) is 13.5 Å². The van der Waals surface area contributed by atoms with Gasteiger partial charge in [0.2, 0.25) is 5.76 Å². The molecule has 0 saturated carbocycles. The van der Waals surface area contributed by atoms with E-state index in [1.54, 1.807) is 12.1 Å². The number of carbonyl (C=O) groups is 3. The number of furan rings is 1. The highest BCUT2D eigenvalue weighted by molar-refractivity contribution is 6.31. The molecule has 0 radical (unpaired) electrons. The zero-order valence-corrected chi connectivity index (χ0v) is 17.5. The van der Waals surface area contributed by atoms with Crippen molar-refractivity contribution in [2.75, 3.05) is 7.11 Å². The van der Waals surface area contributed by atoms with Crippen molar-refractivity contribution in [3.05, 3.63) is 82.2 Å². The van der Waals surface area contributed by atoms with Crippen molar-refractivity contribution in [3.8, 4) is 5.69 Å². The van der Waals surface area contributed by atoms with Gasteiger partial charge in [-0.05, 0) is 61.0 Å². The third-order valence-corrected chi connectivity index (χ3v) is 5.24. The summed E-state index contributed by atoms with van der Waals surface area (Å²) in [5.74, 6) is -0.857. The van der Waals surface area contributed by atoms with E-state index >= 15 is 0 Å². The van der Waals surface area contributed by atoms with E-state index in [1.165, 1.54) is 19.2 Å². The smallest absolute Gasteiger partial charge is 0.373 e. The molecule has 4 rings (SSSR count). The highest BCUT2D eigenvalue weighted by atomic mass is 35.5. The second-order valence-corrected chi connectivity index (χ2v) is 7.28. The lowest BCUT2D eigenvalue weighted by Gasteiger charge is -2.10. The molecule has 3 amide bonds. The van der Waals surface area contributed by atoms with E-state index in [1.807, 2.05) is 42.0 Å². The second kappa shape index (κ2) is 8.16. The van der Waals surface area contributed by atoms with Gasteiger partial charge in [-0.1, -0.05) is 11.6 Å². The van der Waals surface area contributed by atoms with Crippen molar-refractivity contribution < 1.29 is 23.5 Å². The number of ether oxygens (including phenoxy) is 1. The minimum atomic E-state index is -0.637. The molecule has 2 aromatic heterocycles. The Morgan fingerprint density at radius 3 is 2.77 bits per heavy atom. The summed E-state index contributed by atoms with van der Waals surface area (Å²) in [6, 6.07) is 11.6. The van der Waals surface area contributed by atoms with Crippen LogP contribution in [0.3, 0.4) is 0 Å². The Balaban J connectivity index is 1.57. The van der Waals surface area contributed by atoms with Gasteiger partial charge in [0.1, 0.15) is 11.5 Å². The van der Waals surface area contributed by atoms with E-state index in [9.17, 15) is 14.4 Å². The van der Waals surface area contributed by atoms with Crippen LogP contribution in [-0.4, -0.2) is 34.5 Å². The number of esters is 1. The van der Waals surface area contributed by atoms with Crippen LogP contribution in [0.4, 0.5) is 4.79 Å². The maximum absolute atomic E-state index is 12.8.